The van der Waals surface area contributed by atoms with Crippen molar-refractivity contribution in [2.24, 2.45) is 0 Å². The SMILES string of the molecule is C/C(=C\c1cc(F)cc(F)c1)CNC1(C(=O)Nc2ccccc2)CC1. The predicted molar refractivity (Wildman–Crippen MR) is 95.0 cm³/mol. The molecule has 1 aliphatic rings. The molecule has 3 nitrogen and oxygen atoms in total. The largest absolute Gasteiger partial charge is 0.324 e. The van der Waals surface area contributed by atoms with Gasteiger partial charge in [-0.2, -0.15) is 0 Å². The Balaban J connectivity index is 1.60. The molecular weight excluding hydrogens is 322 g/mol. The molecule has 3 rings (SSSR count). The third-order valence-electron chi connectivity index (χ3n) is 4.22. The Hall–Kier alpha value is -2.53. The lowest BCUT2D eigenvalue weighted by Crippen LogP contribution is -2.43. The van der Waals surface area contributed by atoms with Crippen LogP contribution in [0.4, 0.5) is 14.5 Å². The molecule has 130 valence electrons. The van der Waals surface area contributed by atoms with Crippen LogP contribution in [-0.4, -0.2) is 18.0 Å². The van der Waals surface area contributed by atoms with Gasteiger partial charge in [-0.1, -0.05) is 29.8 Å². The van der Waals surface area contributed by atoms with Crippen LogP contribution in [0, 0.1) is 11.6 Å². The van der Waals surface area contributed by atoms with Crippen molar-refractivity contribution in [2.45, 2.75) is 25.3 Å². The maximum absolute atomic E-state index is 13.2. The van der Waals surface area contributed by atoms with Crippen molar-refractivity contribution in [3.05, 3.63) is 71.3 Å². The number of halogens is 2. The summed E-state index contributed by atoms with van der Waals surface area (Å²) < 4.78 is 26.5. The molecule has 0 spiro atoms. The minimum absolute atomic E-state index is 0.0525. The molecule has 0 saturated heterocycles. The number of hydrogen-bond donors (Lipinski definition) is 2. The Labute approximate surface area is 145 Å². The molecular formula is C20H20F2N2O. The molecule has 2 N–H and O–H groups in total. The summed E-state index contributed by atoms with van der Waals surface area (Å²) >= 11 is 0. The molecule has 2 aromatic carbocycles. The van der Waals surface area contributed by atoms with Crippen molar-refractivity contribution < 1.29 is 13.6 Å². The lowest BCUT2D eigenvalue weighted by Gasteiger charge is -2.17. The average Bonchev–Trinajstić information content (AvgIpc) is 3.34. The highest BCUT2D eigenvalue weighted by Gasteiger charge is 2.49. The van der Waals surface area contributed by atoms with Gasteiger partial charge in [0.15, 0.2) is 0 Å². The fourth-order valence-corrected chi connectivity index (χ4v) is 2.68. The van der Waals surface area contributed by atoms with Crippen molar-refractivity contribution in [3.8, 4) is 0 Å². The van der Waals surface area contributed by atoms with Gasteiger partial charge < -0.3 is 5.32 Å². The molecule has 0 unspecified atom stereocenters. The van der Waals surface area contributed by atoms with E-state index in [-0.39, 0.29) is 5.91 Å². The van der Waals surface area contributed by atoms with E-state index in [4.69, 9.17) is 0 Å². The summed E-state index contributed by atoms with van der Waals surface area (Å²) in [5, 5.41) is 6.18. The van der Waals surface area contributed by atoms with Gasteiger partial charge >= 0.3 is 0 Å². The first-order valence-electron chi connectivity index (χ1n) is 8.22. The van der Waals surface area contributed by atoms with E-state index in [1.807, 2.05) is 37.3 Å². The Bertz CT molecular complexity index is 778. The van der Waals surface area contributed by atoms with Crippen LogP contribution in [0.15, 0.2) is 54.1 Å². The first-order valence-corrected chi connectivity index (χ1v) is 8.22. The van der Waals surface area contributed by atoms with Crippen LogP contribution in [0.3, 0.4) is 0 Å². The van der Waals surface area contributed by atoms with Gasteiger partial charge in [0, 0.05) is 18.3 Å². The minimum Gasteiger partial charge on any atom is -0.324 e. The second-order valence-electron chi connectivity index (χ2n) is 6.45. The van der Waals surface area contributed by atoms with Crippen molar-refractivity contribution in [1.29, 1.82) is 0 Å². The number of nitrogens with one attached hydrogen (secondary N) is 2. The van der Waals surface area contributed by atoms with Crippen molar-refractivity contribution in [2.75, 3.05) is 11.9 Å². The zero-order valence-electron chi connectivity index (χ0n) is 14.0. The van der Waals surface area contributed by atoms with E-state index in [1.54, 1.807) is 6.08 Å². The zero-order chi connectivity index (χ0) is 17.9. The third-order valence-corrected chi connectivity index (χ3v) is 4.22. The van der Waals surface area contributed by atoms with Crippen LogP contribution >= 0.6 is 0 Å². The van der Waals surface area contributed by atoms with Gasteiger partial charge in [0.2, 0.25) is 5.91 Å². The third kappa shape index (κ3) is 4.51. The van der Waals surface area contributed by atoms with Crippen molar-refractivity contribution >= 4 is 17.7 Å². The maximum Gasteiger partial charge on any atom is 0.244 e. The molecule has 25 heavy (non-hydrogen) atoms. The summed E-state index contributed by atoms with van der Waals surface area (Å²) in [6, 6.07) is 12.7. The number of amides is 1. The van der Waals surface area contributed by atoms with Crippen LogP contribution in [0.1, 0.15) is 25.3 Å². The van der Waals surface area contributed by atoms with E-state index in [1.165, 1.54) is 12.1 Å². The monoisotopic (exact) mass is 342 g/mol. The highest BCUT2D eigenvalue weighted by molar-refractivity contribution is 6.00. The maximum atomic E-state index is 13.2. The van der Waals surface area contributed by atoms with Crippen molar-refractivity contribution in [3.63, 3.8) is 0 Å². The molecule has 0 aliphatic heterocycles. The van der Waals surface area contributed by atoms with Gasteiger partial charge in [-0.25, -0.2) is 8.78 Å². The zero-order valence-corrected chi connectivity index (χ0v) is 14.0. The number of carbonyl (C=O) groups excluding carboxylic acids is 1. The summed E-state index contributed by atoms with van der Waals surface area (Å²) in [4.78, 5) is 12.5. The van der Waals surface area contributed by atoms with Gasteiger partial charge in [0.05, 0.1) is 5.54 Å². The first kappa shape index (κ1) is 17.3. The van der Waals surface area contributed by atoms with Crippen LogP contribution in [-0.2, 0) is 4.79 Å². The first-order chi connectivity index (χ1) is 12.0. The number of rotatable bonds is 6. The number of anilines is 1. The molecule has 0 heterocycles. The second kappa shape index (κ2) is 7.15. The molecule has 1 amide bonds. The predicted octanol–water partition coefficient (Wildman–Crippen LogP) is 4.13. The normalized spacial score (nSPS) is 15.7. The molecule has 5 heteroatoms. The smallest absolute Gasteiger partial charge is 0.244 e. The molecule has 2 aromatic rings. The van der Waals surface area contributed by atoms with Gasteiger partial charge in [-0.05, 0) is 49.6 Å². The van der Waals surface area contributed by atoms with E-state index < -0.39 is 17.2 Å². The fourth-order valence-electron chi connectivity index (χ4n) is 2.68. The molecule has 1 aliphatic carbocycles. The summed E-state index contributed by atoms with van der Waals surface area (Å²) in [5.41, 5.74) is 1.57. The molecule has 0 bridgehead atoms. The lowest BCUT2D eigenvalue weighted by atomic mass is 10.1. The molecule has 0 aromatic heterocycles. The van der Waals surface area contributed by atoms with Crippen LogP contribution in [0.2, 0.25) is 0 Å². The van der Waals surface area contributed by atoms with Crippen LogP contribution in [0.25, 0.3) is 6.08 Å². The fraction of sp³-hybridized carbons (Fsp3) is 0.250. The summed E-state index contributed by atoms with van der Waals surface area (Å²) in [7, 11) is 0. The molecule has 1 fully saturated rings. The Morgan fingerprint density at radius 2 is 1.76 bits per heavy atom. The summed E-state index contributed by atoms with van der Waals surface area (Å²) in [6.45, 7) is 2.33. The Morgan fingerprint density at radius 1 is 1.12 bits per heavy atom. The van der Waals surface area contributed by atoms with E-state index in [0.29, 0.717) is 12.1 Å². The summed E-state index contributed by atoms with van der Waals surface area (Å²) in [5.74, 6) is -1.26. The Morgan fingerprint density at radius 3 is 2.36 bits per heavy atom. The standard InChI is InChI=1S/C20H20F2N2O/c1-14(9-15-10-16(21)12-17(22)11-15)13-23-20(7-8-20)19(25)24-18-5-3-2-4-6-18/h2-6,9-12,23H,7-8,13H2,1H3,(H,24,25)/b14-9+. The van der Waals surface area contributed by atoms with Crippen LogP contribution < -0.4 is 10.6 Å². The minimum atomic E-state index is -0.604. The van der Waals surface area contributed by atoms with Crippen molar-refractivity contribution in [1.82, 2.24) is 5.32 Å². The Kier molecular flexibility index (Phi) is 4.95. The number of benzene rings is 2. The van der Waals surface area contributed by atoms with Gasteiger partial charge in [0.25, 0.3) is 0 Å². The van der Waals surface area contributed by atoms with E-state index >= 15 is 0 Å². The van der Waals surface area contributed by atoms with E-state index in [0.717, 1.165) is 30.2 Å². The second-order valence-corrected chi connectivity index (χ2v) is 6.45. The highest BCUT2D eigenvalue weighted by Crippen LogP contribution is 2.36. The average molecular weight is 342 g/mol. The van der Waals surface area contributed by atoms with Crippen LogP contribution in [0.5, 0.6) is 0 Å². The topological polar surface area (TPSA) is 41.1 Å². The molecule has 1 saturated carbocycles. The van der Waals surface area contributed by atoms with Gasteiger partial charge in [0.1, 0.15) is 11.6 Å². The lowest BCUT2D eigenvalue weighted by molar-refractivity contribution is -0.119. The molecule has 0 atom stereocenters. The quantitative estimate of drug-likeness (QED) is 0.829. The summed E-state index contributed by atoms with van der Waals surface area (Å²) in [6.07, 6.45) is 3.26. The molecule has 0 radical (unpaired) electrons. The number of hydrogen-bond acceptors (Lipinski definition) is 2. The number of carbonyl (C=O) groups is 1. The number of para-hydroxylation sites is 1. The van der Waals surface area contributed by atoms with E-state index in [9.17, 15) is 13.6 Å². The highest BCUT2D eigenvalue weighted by atomic mass is 19.1. The van der Waals surface area contributed by atoms with E-state index in [2.05, 4.69) is 10.6 Å². The van der Waals surface area contributed by atoms with Gasteiger partial charge in [-0.3, -0.25) is 10.1 Å². The van der Waals surface area contributed by atoms with Gasteiger partial charge in [-0.15, -0.1) is 0 Å².